The summed E-state index contributed by atoms with van der Waals surface area (Å²) < 4.78 is 33.4. The van der Waals surface area contributed by atoms with Gasteiger partial charge in [-0.25, -0.2) is 0 Å². The molecule has 11 nitrogen and oxygen atoms in total. The second kappa shape index (κ2) is 15.7. The van der Waals surface area contributed by atoms with Crippen LogP contribution in [0, 0.1) is 10.8 Å². The van der Waals surface area contributed by atoms with Crippen molar-refractivity contribution in [2.24, 2.45) is 11.5 Å². The van der Waals surface area contributed by atoms with Gasteiger partial charge in [0.15, 0.2) is 23.0 Å². The van der Waals surface area contributed by atoms with Gasteiger partial charge in [-0.05, 0) is 31.3 Å². The van der Waals surface area contributed by atoms with E-state index in [1.807, 2.05) is 11.9 Å². The first-order chi connectivity index (χ1) is 16.2. The average Bonchev–Trinajstić information content (AvgIpc) is 2.83. The second-order valence-electron chi connectivity index (χ2n) is 7.25. The summed E-state index contributed by atoms with van der Waals surface area (Å²) in [6.07, 6.45) is 0. The number of nitrogens with two attached hydrogens (primary N) is 2. The SMILES string of the molecule is COc1cc(C(=N)N)cc(OC)c1OCCN(C)CCOc1c(OC)cc(C(=N)N)cc1OC.Cl.Cl. The molecule has 0 atom stereocenters. The Balaban J connectivity index is 0.00000612. The van der Waals surface area contributed by atoms with Crippen LogP contribution in [0.5, 0.6) is 34.5 Å². The molecule has 0 saturated carbocycles. The Morgan fingerprint density at radius 1 is 0.667 bits per heavy atom. The van der Waals surface area contributed by atoms with Crippen molar-refractivity contribution in [3.8, 4) is 34.5 Å². The van der Waals surface area contributed by atoms with Crippen molar-refractivity contribution in [2.75, 3.05) is 61.8 Å². The molecule has 2 aromatic rings. The summed E-state index contributed by atoms with van der Waals surface area (Å²) in [5.74, 6) is 2.44. The van der Waals surface area contributed by atoms with Crippen molar-refractivity contribution in [1.29, 1.82) is 10.8 Å². The van der Waals surface area contributed by atoms with Gasteiger partial charge >= 0.3 is 0 Å². The Kier molecular flexibility index (Phi) is 14.2. The van der Waals surface area contributed by atoms with Crippen LogP contribution in [-0.4, -0.2) is 78.4 Å². The lowest BCUT2D eigenvalue weighted by molar-refractivity contribution is 0.190. The Hall–Kier alpha value is -3.28. The molecule has 0 heterocycles. The molecule has 0 radical (unpaired) electrons. The summed E-state index contributed by atoms with van der Waals surface area (Å²) >= 11 is 0. The standard InChI is InChI=1S/C23H33N5O6.2ClH/c1-28(6-8-33-20-16(29-2)10-14(22(24)25)11-17(20)30-3)7-9-34-21-18(31-4)12-15(23(26)27)13-19(21)32-5;;/h10-13H,6-9H2,1-5H3,(H3,24,25)(H3,26,27);2*1H. The highest BCUT2D eigenvalue weighted by atomic mass is 35.5. The number of amidine groups is 2. The molecule has 2 rings (SSSR count). The van der Waals surface area contributed by atoms with Crippen LogP contribution < -0.4 is 39.9 Å². The van der Waals surface area contributed by atoms with Gasteiger partial charge in [0.05, 0.1) is 28.4 Å². The molecule has 0 aliphatic carbocycles. The summed E-state index contributed by atoms with van der Waals surface area (Å²) in [5, 5.41) is 15.3. The van der Waals surface area contributed by atoms with Crippen LogP contribution in [-0.2, 0) is 0 Å². The van der Waals surface area contributed by atoms with E-state index in [2.05, 4.69) is 0 Å². The predicted molar refractivity (Wildman–Crippen MR) is 144 cm³/mol. The van der Waals surface area contributed by atoms with E-state index in [1.54, 1.807) is 24.3 Å². The fraction of sp³-hybridized carbons (Fsp3) is 0.391. The molecule has 13 heteroatoms. The maximum Gasteiger partial charge on any atom is 0.203 e. The van der Waals surface area contributed by atoms with Crippen LogP contribution in [0.2, 0.25) is 0 Å². The quantitative estimate of drug-likeness (QED) is 0.206. The lowest BCUT2D eigenvalue weighted by atomic mass is 10.1. The van der Waals surface area contributed by atoms with Gasteiger partial charge in [-0.1, -0.05) is 0 Å². The molecule has 0 amide bonds. The molecular formula is C23H35Cl2N5O6. The first-order valence-corrected chi connectivity index (χ1v) is 10.4. The second-order valence-corrected chi connectivity index (χ2v) is 7.25. The summed E-state index contributed by atoms with van der Waals surface area (Å²) in [6.45, 7) is 1.93. The van der Waals surface area contributed by atoms with Crippen molar-refractivity contribution in [2.45, 2.75) is 0 Å². The zero-order chi connectivity index (χ0) is 25.3. The number of rotatable bonds is 14. The number of hydrogen-bond acceptors (Lipinski definition) is 9. The molecule has 0 bridgehead atoms. The minimum Gasteiger partial charge on any atom is -0.493 e. The molecule has 0 aromatic heterocycles. The summed E-state index contributed by atoms with van der Waals surface area (Å²) in [7, 11) is 8.00. The smallest absolute Gasteiger partial charge is 0.203 e. The molecule has 0 unspecified atom stereocenters. The number of benzene rings is 2. The van der Waals surface area contributed by atoms with Gasteiger partial charge in [-0.3, -0.25) is 15.7 Å². The van der Waals surface area contributed by atoms with Gasteiger partial charge < -0.3 is 39.9 Å². The maximum absolute atomic E-state index is 7.63. The van der Waals surface area contributed by atoms with E-state index in [-0.39, 0.29) is 36.5 Å². The minimum absolute atomic E-state index is 0. The molecule has 0 saturated heterocycles. The van der Waals surface area contributed by atoms with Crippen LogP contribution in [0.1, 0.15) is 11.1 Å². The zero-order valence-electron chi connectivity index (χ0n) is 21.0. The lowest BCUT2D eigenvalue weighted by Crippen LogP contribution is -2.29. The van der Waals surface area contributed by atoms with E-state index < -0.39 is 0 Å². The van der Waals surface area contributed by atoms with Gasteiger partial charge in [0, 0.05) is 24.2 Å². The number of likely N-dealkylation sites (N-methyl/N-ethyl adjacent to an activating group) is 1. The highest BCUT2D eigenvalue weighted by Crippen LogP contribution is 2.39. The number of nitrogen functional groups attached to an aromatic ring is 2. The average molecular weight is 548 g/mol. The van der Waals surface area contributed by atoms with Crippen LogP contribution in [0.3, 0.4) is 0 Å². The van der Waals surface area contributed by atoms with Crippen LogP contribution in [0.4, 0.5) is 0 Å². The molecular weight excluding hydrogens is 513 g/mol. The molecule has 6 N–H and O–H groups in total. The molecule has 2 aromatic carbocycles. The van der Waals surface area contributed by atoms with Crippen LogP contribution in [0.25, 0.3) is 0 Å². The van der Waals surface area contributed by atoms with E-state index in [0.717, 1.165) is 0 Å². The molecule has 0 aliphatic heterocycles. The first-order valence-electron chi connectivity index (χ1n) is 10.4. The number of nitrogens with zero attached hydrogens (tertiary/aromatic N) is 1. The fourth-order valence-electron chi connectivity index (χ4n) is 3.07. The van der Waals surface area contributed by atoms with Gasteiger partial charge in [-0.2, -0.15) is 0 Å². The minimum atomic E-state index is -0.0907. The summed E-state index contributed by atoms with van der Waals surface area (Å²) in [6, 6.07) is 6.54. The Morgan fingerprint density at radius 2 is 0.944 bits per heavy atom. The molecule has 0 aliphatic rings. The normalized spacial score (nSPS) is 9.94. The van der Waals surface area contributed by atoms with E-state index in [9.17, 15) is 0 Å². The van der Waals surface area contributed by atoms with E-state index in [4.69, 9.17) is 50.7 Å². The van der Waals surface area contributed by atoms with Gasteiger partial charge in [0.25, 0.3) is 0 Å². The third kappa shape index (κ3) is 8.43. The Labute approximate surface area is 223 Å². The molecule has 0 spiro atoms. The monoisotopic (exact) mass is 547 g/mol. The number of nitrogens with one attached hydrogen (secondary N) is 2. The van der Waals surface area contributed by atoms with Crippen molar-refractivity contribution >= 4 is 36.5 Å². The number of methoxy groups -OCH3 is 4. The fourth-order valence-corrected chi connectivity index (χ4v) is 3.07. The first kappa shape index (κ1) is 32.7. The molecule has 36 heavy (non-hydrogen) atoms. The Bertz CT molecular complexity index is 895. The van der Waals surface area contributed by atoms with E-state index in [0.29, 0.717) is 71.9 Å². The Morgan fingerprint density at radius 3 is 1.17 bits per heavy atom. The largest absolute Gasteiger partial charge is 0.493 e. The summed E-state index contributed by atoms with van der Waals surface area (Å²) in [5.41, 5.74) is 12.1. The molecule has 0 fully saturated rings. The summed E-state index contributed by atoms with van der Waals surface area (Å²) in [4.78, 5) is 2.03. The van der Waals surface area contributed by atoms with Crippen molar-refractivity contribution in [3.05, 3.63) is 35.4 Å². The highest BCUT2D eigenvalue weighted by Gasteiger charge is 2.17. The number of hydrogen-bond donors (Lipinski definition) is 4. The number of halogens is 2. The maximum atomic E-state index is 7.63. The van der Waals surface area contributed by atoms with E-state index in [1.165, 1.54) is 28.4 Å². The third-order valence-corrected chi connectivity index (χ3v) is 4.98. The van der Waals surface area contributed by atoms with Crippen LogP contribution in [0.15, 0.2) is 24.3 Å². The van der Waals surface area contributed by atoms with Crippen molar-refractivity contribution < 1.29 is 28.4 Å². The van der Waals surface area contributed by atoms with Crippen LogP contribution >= 0.6 is 24.8 Å². The van der Waals surface area contributed by atoms with Gasteiger partial charge in [0.1, 0.15) is 24.9 Å². The van der Waals surface area contributed by atoms with Gasteiger partial charge in [-0.15, -0.1) is 24.8 Å². The topological polar surface area (TPSA) is 158 Å². The zero-order valence-corrected chi connectivity index (χ0v) is 22.6. The molecule has 202 valence electrons. The highest BCUT2D eigenvalue weighted by molar-refractivity contribution is 5.96. The third-order valence-electron chi connectivity index (χ3n) is 4.98. The predicted octanol–water partition coefficient (Wildman–Crippen LogP) is 2.52. The lowest BCUT2D eigenvalue weighted by Gasteiger charge is -2.20. The number of ether oxygens (including phenoxy) is 6. The van der Waals surface area contributed by atoms with Crippen molar-refractivity contribution in [3.63, 3.8) is 0 Å². The van der Waals surface area contributed by atoms with E-state index >= 15 is 0 Å². The van der Waals surface area contributed by atoms with Crippen molar-refractivity contribution in [1.82, 2.24) is 4.90 Å². The van der Waals surface area contributed by atoms with Gasteiger partial charge in [0.2, 0.25) is 11.5 Å².